The molecule has 0 saturated carbocycles. The third kappa shape index (κ3) is 7.33. The molecule has 0 aliphatic carbocycles. The van der Waals surface area contributed by atoms with Gasteiger partial charge in [0.15, 0.2) is 0 Å². The molecule has 2 rings (SSSR count). The van der Waals surface area contributed by atoms with Gasteiger partial charge in [0, 0.05) is 0 Å². The predicted molar refractivity (Wildman–Crippen MR) is 116 cm³/mol. The highest BCUT2D eigenvalue weighted by Gasteiger charge is 2.13. The molecule has 0 saturated heterocycles. The molecule has 0 aromatic heterocycles. The van der Waals surface area contributed by atoms with Gasteiger partial charge >= 0.3 is 0 Å². The lowest BCUT2D eigenvalue weighted by Crippen LogP contribution is -2.14. The Bertz CT molecular complexity index is 558. The Kier molecular flexibility index (Phi) is 9.90. The molecule has 1 heteroatoms. The number of hydrogen-bond acceptors (Lipinski definition) is 0. The van der Waals surface area contributed by atoms with Crippen molar-refractivity contribution >= 4 is 18.5 Å². The van der Waals surface area contributed by atoms with Gasteiger partial charge in [-0.3, -0.25) is 0 Å². The summed E-state index contributed by atoms with van der Waals surface area (Å²) in [4.78, 5) is 0. The molecule has 0 radical (unpaired) electrons. The highest BCUT2D eigenvalue weighted by Crippen LogP contribution is 2.35. The average molecular weight is 355 g/mol. The molecule has 0 amide bonds. The standard InChI is InChI=1S/C24H35P/c1-3-5-7-8-9-13-21-25(23-15-11-10-12-16-23)24-19-17-22(18-20-24)14-6-4-2/h10-12,15-20H,3-9,13-14,21H2,1-2H3. The van der Waals surface area contributed by atoms with E-state index in [1.54, 1.807) is 5.30 Å². The molecular formula is C24H35P. The van der Waals surface area contributed by atoms with Crippen LogP contribution in [-0.4, -0.2) is 6.16 Å². The minimum atomic E-state index is -0.201. The first kappa shape index (κ1) is 20.2. The first-order valence-electron chi connectivity index (χ1n) is 10.3. The summed E-state index contributed by atoms with van der Waals surface area (Å²) >= 11 is 0. The summed E-state index contributed by atoms with van der Waals surface area (Å²) in [6.45, 7) is 4.56. The van der Waals surface area contributed by atoms with Crippen LogP contribution >= 0.6 is 7.92 Å². The minimum absolute atomic E-state index is 0.201. The normalized spacial score (nSPS) is 12.2. The smallest absolute Gasteiger partial charge is 0.0195 e. The summed E-state index contributed by atoms with van der Waals surface area (Å²) in [5.74, 6) is 0. The van der Waals surface area contributed by atoms with E-state index in [9.17, 15) is 0 Å². The quantitative estimate of drug-likeness (QED) is 0.290. The summed E-state index contributed by atoms with van der Waals surface area (Å²) in [6.07, 6.45) is 13.4. The molecule has 1 unspecified atom stereocenters. The largest absolute Gasteiger partial charge is 0.0654 e. The summed E-state index contributed by atoms with van der Waals surface area (Å²) in [5.41, 5.74) is 1.49. The molecule has 0 fully saturated rings. The Morgan fingerprint density at radius 3 is 1.88 bits per heavy atom. The van der Waals surface area contributed by atoms with Crippen molar-refractivity contribution in [2.75, 3.05) is 6.16 Å². The van der Waals surface area contributed by atoms with Crippen LogP contribution in [0.4, 0.5) is 0 Å². The molecule has 0 heterocycles. The van der Waals surface area contributed by atoms with Gasteiger partial charge in [0.05, 0.1) is 0 Å². The lowest BCUT2D eigenvalue weighted by molar-refractivity contribution is 0.626. The van der Waals surface area contributed by atoms with Crippen molar-refractivity contribution in [1.29, 1.82) is 0 Å². The molecule has 0 bridgehead atoms. The Hall–Kier alpha value is -1.13. The molecule has 0 spiro atoms. The number of rotatable bonds is 12. The van der Waals surface area contributed by atoms with Gasteiger partial charge in [-0.25, -0.2) is 0 Å². The predicted octanol–water partition coefficient (Wildman–Crippen LogP) is 6.82. The molecule has 2 aromatic rings. The van der Waals surface area contributed by atoms with E-state index in [1.165, 1.54) is 74.8 Å². The summed E-state index contributed by atoms with van der Waals surface area (Å²) in [6, 6.07) is 20.7. The SMILES string of the molecule is CCCCCCCCP(c1ccccc1)c1ccc(CCCC)cc1. The van der Waals surface area contributed by atoms with Crippen molar-refractivity contribution in [1.82, 2.24) is 0 Å². The monoisotopic (exact) mass is 354 g/mol. The van der Waals surface area contributed by atoms with Crippen molar-refractivity contribution in [3.8, 4) is 0 Å². The van der Waals surface area contributed by atoms with Gasteiger partial charge in [0.2, 0.25) is 0 Å². The Labute approximate surface area is 156 Å². The molecule has 136 valence electrons. The molecular weight excluding hydrogens is 319 g/mol. The fraction of sp³-hybridized carbons (Fsp3) is 0.500. The summed E-state index contributed by atoms with van der Waals surface area (Å²) in [7, 11) is -0.201. The molecule has 0 aliphatic rings. The Morgan fingerprint density at radius 2 is 1.20 bits per heavy atom. The summed E-state index contributed by atoms with van der Waals surface area (Å²) < 4.78 is 0. The van der Waals surface area contributed by atoms with Crippen LogP contribution in [0.1, 0.15) is 70.8 Å². The van der Waals surface area contributed by atoms with Crippen molar-refractivity contribution < 1.29 is 0 Å². The first-order valence-corrected chi connectivity index (χ1v) is 11.8. The first-order chi connectivity index (χ1) is 12.3. The van der Waals surface area contributed by atoms with Gasteiger partial charge in [-0.1, -0.05) is 107 Å². The van der Waals surface area contributed by atoms with E-state index in [4.69, 9.17) is 0 Å². The summed E-state index contributed by atoms with van der Waals surface area (Å²) in [5, 5.41) is 3.09. The van der Waals surface area contributed by atoms with Crippen LogP contribution in [-0.2, 0) is 6.42 Å². The lowest BCUT2D eigenvalue weighted by atomic mass is 10.1. The van der Waals surface area contributed by atoms with Crippen molar-refractivity contribution in [3.63, 3.8) is 0 Å². The third-order valence-corrected chi connectivity index (χ3v) is 7.48. The second-order valence-corrected chi connectivity index (χ2v) is 9.36. The van der Waals surface area contributed by atoms with Gasteiger partial charge in [0.25, 0.3) is 0 Å². The van der Waals surface area contributed by atoms with Crippen LogP contribution in [0.15, 0.2) is 54.6 Å². The average Bonchev–Trinajstić information content (AvgIpc) is 2.67. The zero-order valence-corrected chi connectivity index (χ0v) is 17.1. The van der Waals surface area contributed by atoms with Gasteiger partial charge in [-0.05, 0) is 49.5 Å². The third-order valence-electron chi connectivity index (χ3n) is 4.87. The van der Waals surface area contributed by atoms with Crippen LogP contribution in [0.5, 0.6) is 0 Å². The van der Waals surface area contributed by atoms with E-state index >= 15 is 0 Å². The van der Waals surface area contributed by atoms with Crippen LogP contribution in [0, 0.1) is 0 Å². The van der Waals surface area contributed by atoms with E-state index in [1.807, 2.05) is 0 Å². The fourth-order valence-electron chi connectivity index (χ4n) is 3.29. The van der Waals surface area contributed by atoms with E-state index in [0.717, 1.165) is 0 Å². The van der Waals surface area contributed by atoms with Crippen molar-refractivity contribution in [2.24, 2.45) is 0 Å². The van der Waals surface area contributed by atoms with Gasteiger partial charge in [0.1, 0.15) is 0 Å². The van der Waals surface area contributed by atoms with E-state index in [-0.39, 0.29) is 7.92 Å². The molecule has 0 aliphatic heterocycles. The maximum absolute atomic E-state index is 2.40. The number of hydrogen-bond donors (Lipinski definition) is 0. The van der Waals surface area contributed by atoms with E-state index < -0.39 is 0 Å². The van der Waals surface area contributed by atoms with Crippen LogP contribution < -0.4 is 10.6 Å². The maximum atomic E-state index is 2.40. The lowest BCUT2D eigenvalue weighted by Gasteiger charge is -2.19. The maximum Gasteiger partial charge on any atom is -0.0195 e. The topological polar surface area (TPSA) is 0 Å². The molecule has 25 heavy (non-hydrogen) atoms. The Morgan fingerprint density at radius 1 is 0.600 bits per heavy atom. The molecule has 0 N–H and O–H groups in total. The molecule has 2 aromatic carbocycles. The van der Waals surface area contributed by atoms with Crippen molar-refractivity contribution in [2.45, 2.75) is 71.6 Å². The highest BCUT2D eigenvalue weighted by molar-refractivity contribution is 7.73. The second kappa shape index (κ2) is 12.3. The van der Waals surface area contributed by atoms with Crippen LogP contribution in [0.2, 0.25) is 0 Å². The number of unbranched alkanes of at least 4 members (excludes halogenated alkanes) is 6. The van der Waals surface area contributed by atoms with Gasteiger partial charge in [-0.15, -0.1) is 0 Å². The second-order valence-electron chi connectivity index (χ2n) is 7.02. The van der Waals surface area contributed by atoms with E-state index in [2.05, 4.69) is 68.4 Å². The van der Waals surface area contributed by atoms with Gasteiger partial charge in [-0.2, -0.15) is 0 Å². The van der Waals surface area contributed by atoms with Crippen LogP contribution in [0.25, 0.3) is 0 Å². The molecule has 0 nitrogen and oxygen atoms in total. The zero-order chi connectivity index (χ0) is 17.7. The zero-order valence-electron chi connectivity index (χ0n) is 16.2. The minimum Gasteiger partial charge on any atom is -0.0654 e. The highest BCUT2D eigenvalue weighted by atomic mass is 31.1. The fourth-order valence-corrected chi connectivity index (χ4v) is 5.68. The molecule has 1 atom stereocenters. The van der Waals surface area contributed by atoms with E-state index in [0.29, 0.717) is 0 Å². The number of benzene rings is 2. The van der Waals surface area contributed by atoms with Crippen LogP contribution in [0.3, 0.4) is 0 Å². The Balaban J connectivity index is 1.99. The van der Waals surface area contributed by atoms with Crippen molar-refractivity contribution in [3.05, 3.63) is 60.2 Å². The van der Waals surface area contributed by atoms with Gasteiger partial charge < -0.3 is 0 Å². The number of aryl methyl sites for hydroxylation is 1.